The number of aliphatic carboxylic acids is 1. The number of halogens is 3. The van der Waals surface area contributed by atoms with Crippen molar-refractivity contribution < 1.29 is 37.3 Å². The van der Waals surface area contributed by atoms with E-state index in [1.165, 1.54) is 14.2 Å². The SMILES string of the molecule is COc1ccc(CCC(=O)N2CCC(C(=O)O)(C(F)(F)F)C2)cc1OC. The van der Waals surface area contributed by atoms with Gasteiger partial charge in [0, 0.05) is 19.5 Å². The highest BCUT2D eigenvalue weighted by Gasteiger charge is 2.64. The van der Waals surface area contributed by atoms with E-state index in [0.29, 0.717) is 17.9 Å². The topological polar surface area (TPSA) is 76.1 Å². The summed E-state index contributed by atoms with van der Waals surface area (Å²) in [6.07, 6.45) is -5.27. The van der Waals surface area contributed by atoms with Gasteiger partial charge >= 0.3 is 12.1 Å². The minimum atomic E-state index is -4.91. The Bertz CT molecular complexity index is 691. The van der Waals surface area contributed by atoms with Crippen LogP contribution in [-0.4, -0.2) is 55.4 Å². The Morgan fingerprint density at radius 3 is 2.38 bits per heavy atom. The fourth-order valence-corrected chi connectivity index (χ4v) is 3.00. The molecule has 2 rings (SSSR count). The van der Waals surface area contributed by atoms with Crippen LogP contribution in [0.2, 0.25) is 0 Å². The molecule has 0 spiro atoms. The van der Waals surface area contributed by atoms with Crippen LogP contribution in [0.5, 0.6) is 11.5 Å². The van der Waals surface area contributed by atoms with Gasteiger partial charge in [0.1, 0.15) is 0 Å². The predicted molar refractivity (Wildman–Crippen MR) is 85.2 cm³/mol. The molecule has 6 nitrogen and oxygen atoms in total. The average molecular weight is 375 g/mol. The fraction of sp³-hybridized carbons (Fsp3) is 0.529. The molecule has 1 fully saturated rings. The number of rotatable bonds is 6. The van der Waals surface area contributed by atoms with E-state index < -0.39 is 36.4 Å². The van der Waals surface area contributed by atoms with Gasteiger partial charge in [0.05, 0.1) is 14.2 Å². The standard InChI is InChI=1S/C17H20F3NO5/c1-25-12-5-3-11(9-13(12)26-2)4-6-14(22)21-8-7-16(10-21,15(23)24)17(18,19)20/h3,5,9H,4,6-8,10H2,1-2H3,(H,23,24). The van der Waals surface area contributed by atoms with E-state index >= 15 is 0 Å². The van der Waals surface area contributed by atoms with Crippen LogP contribution in [0.3, 0.4) is 0 Å². The minimum Gasteiger partial charge on any atom is -0.493 e. The first-order valence-electron chi connectivity index (χ1n) is 7.93. The lowest BCUT2D eigenvalue weighted by molar-refractivity contribution is -0.227. The van der Waals surface area contributed by atoms with Gasteiger partial charge in [0.25, 0.3) is 0 Å². The quantitative estimate of drug-likeness (QED) is 0.827. The second-order valence-electron chi connectivity index (χ2n) is 6.14. The van der Waals surface area contributed by atoms with Gasteiger partial charge in [0.2, 0.25) is 5.91 Å². The lowest BCUT2D eigenvalue weighted by atomic mass is 9.86. The number of amides is 1. The highest BCUT2D eigenvalue weighted by molar-refractivity contribution is 5.81. The number of carboxylic acid groups (broad SMARTS) is 1. The average Bonchev–Trinajstić information content (AvgIpc) is 3.06. The number of aryl methyl sites for hydroxylation is 1. The number of likely N-dealkylation sites (tertiary alicyclic amines) is 1. The van der Waals surface area contributed by atoms with Gasteiger partial charge in [-0.3, -0.25) is 9.59 Å². The first kappa shape index (κ1) is 19.9. The molecule has 1 heterocycles. The number of ether oxygens (including phenoxy) is 2. The summed E-state index contributed by atoms with van der Waals surface area (Å²) in [5.41, 5.74) is -2.12. The Morgan fingerprint density at radius 1 is 1.23 bits per heavy atom. The molecule has 1 unspecified atom stereocenters. The number of methoxy groups -OCH3 is 2. The zero-order chi connectivity index (χ0) is 19.5. The van der Waals surface area contributed by atoms with E-state index in [-0.39, 0.29) is 13.0 Å². The second-order valence-corrected chi connectivity index (χ2v) is 6.14. The van der Waals surface area contributed by atoms with E-state index in [9.17, 15) is 22.8 Å². The van der Waals surface area contributed by atoms with Crippen molar-refractivity contribution in [2.75, 3.05) is 27.3 Å². The summed E-state index contributed by atoms with van der Waals surface area (Å²) in [5.74, 6) is -1.44. The van der Waals surface area contributed by atoms with Gasteiger partial charge in [-0.15, -0.1) is 0 Å². The van der Waals surface area contributed by atoms with Crippen LogP contribution in [0.1, 0.15) is 18.4 Å². The summed E-state index contributed by atoms with van der Waals surface area (Å²) in [6, 6.07) is 5.09. The van der Waals surface area contributed by atoms with Crippen molar-refractivity contribution in [2.45, 2.75) is 25.4 Å². The zero-order valence-electron chi connectivity index (χ0n) is 14.4. The number of hydrogen-bond acceptors (Lipinski definition) is 4. The molecule has 0 aromatic heterocycles. The Balaban J connectivity index is 2.02. The Kier molecular flexibility index (Phi) is 5.68. The summed E-state index contributed by atoms with van der Waals surface area (Å²) in [7, 11) is 2.96. The van der Waals surface area contributed by atoms with Crippen LogP contribution in [-0.2, 0) is 16.0 Å². The molecule has 26 heavy (non-hydrogen) atoms. The lowest BCUT2D eigenvalue weighted by Gasteiger charge is -2.27. The third-order valence-corrected chi connectivity index (χ3v) is 4.65. The Morgan fingerprint density at radius 2 is 1.88 bits per heavy atom. The van der Waals surface area contributed by atoms with Gasteiger partial charge < -0.3 is 19.5 Å². The Hall–Kier alpha value is -2.45. The van der Waals surface area contributed by atoms with Crippen molar-refractivity contribution in [3.05, 3.63) is 23.8 Å². The largest absolute Gasteiger partial charge is 0.493 e. The van der Waals surface area contributed by atoms with E-state index in [1.54, 1.807) is 18.2 Å². The molecular weight excluding hydrogens is 355 g/mol. The summed E-state index contributed by atoms with van der Waals surface area (Å²) >= 11 is 0. The van der Waals surface area contributed by atoms with Crippen LogP contribution in [0.15, 0.2) is 18.2 Å². The second kappa shape index (κ2) is 7.43. The first-order chi connectivity index (χ1) is 12.1. The number of carbonyl (C=O) groups excluding carboxylic acids is 1. The molecule has 1 aliphatic heterocycles. The van der Waals surface area contributed by atoms with Gasteiger partial charge in [-0.25, -0.2) is 0 Å². The Labute approximate surface area is 148 Å². The van der Waals surface area contributed by atoms with Crippen LogP contribution < -0.4 is 9.47 Å². The van der Waals surface area contributed by atoms with Crippen LogP contribution in [0.25, 0.3) is 0 Å². The maximum Gasteiger partial charge on any atom is 0.406 e. The van der Waals surface area contributed by atoms with Gasteiger partial charge in [-0.2, -0.15) is 13.2 Å². The van der Waals surface area contributed by atoms with E-state index in [4.69, 9.17) is 14.6 Å². The number of hydrogen-bond donors (Lipinski definition) is 1. The first-order valence-corrected chi connectivity index (χ1v) is 7.93. The van der Waals surface area contributed by atoms with Crippen LogP contribution in [0.4, 0.5) is 13.2 Å². The summed E-state index contributed by atoms with van der Waals surface area (Å²) in [5, 5.41) is 9.03. The van der Waals surface area contributed by atoms with Gasteiger partial charge in [0.15, 0.2) is 16.9 Å². The van der Waals surface area contributed by atoms with Gasteiger partial charge in [-0.1, -0.05) is 6.07 Å². The van der Waals surface area contributed by atoms with Crippen molar-refractivity contribution in [3.8, 4) is 11.5 Å². The number of carboxylic acids is 1. The van der Waals surface area contributed by atoms with Crippen molar-refractivity contribution in [3.63, 3.8) is 0 Å². The molecule has 1 aromatic rings. The van der Waals surface area contributed by atoms with Crippen molar-refractivity contribution >= 4 is 11.9 Å². The molecule has 1 aromatic carbocycles. The molecule has 0 radical (unpaired) electrons. The van der Waals surface area contributed by atoms with Gasteiger partial charge in [-0.05, 0) is 30.5 Å². The lowest BCUT2D eigenvalue weighted by Crippen LogP contribution is -2.47. The molecule has 1 atom stereocenters. The van der Waals surface area contributed by atoms with E-state index in [2.05, 4.69) is 0 Å². The monoisotopic (exact) mass is 375 g/mol. The zero-order valence-corrected chi connectivity index (χ0v) is 14.4. The highest BCUT2D eigenvalue weighted by Crippen LogP contribution is 2.45. The molecule has 1 aliphatic rings. The number of alkyl halides is 3. The third kappa shape index (κ3) is 3.71. The molecule has 1 N–H and O–H groups in total. The molecular formula is C17H20F3NO5. The van der Waals surface area contributed by atoms with Crippen molar-refractivity contribution in [2.24, 2.45) is 5.41 Å². The molecule has 1 saturated heterocycles. The predicted octanol–water partition coefficient (Wildman–Crippen LogP) is 2.50. The summed E-state index contributed by atoms with van der Waals surface area (Å²) in [4.78, 5) is 24.4. The van der Waals surface area contributed by atoms with Crippen molar-refractivity contribution in [1.29, 1.82) is 0 Å². The van der Waals surface area contributed by atoms with Crippen LogP contribution in [0, 0.1) is 5.41 Å². The third-order valence-electron chi connectivity index (χ3n) is 4.65. The number of carbonyl (C=O) groups is 2. The summed E-state index contributed by atoms with van der Waals surface area (Å²) < 4.78 is 49.8. The fourth-order valence-electron chi connectivity index (χ4n) is 3.00. The summed E-state index contributed by atoms with van der Waals surface area (Å²) in [6.45, 7) is -1.08. The maximum atomic E-state index is 13.2. The molecule has 0 bridgehead atoms. The molecule has 144 valence electrons. The smallest absolute Gasteiger partial charge is 0.406 e. The van der Waals surface area contributed by atoms with Crippen molar-refractivity contribution in [1.82, 2.24) is 4.90 Å². The maximum absolute atomic E-state index is 13.2. The number of nitrogens with zero attached hydrogens (tertiary/aromatic N) is 1. The number of benzene rings is 1. The van der Waals surface area contributed by atoms with Crippen LogP contribution >= 0.6 is 0 Å². The molecule has 0 aliphatic carbocycles. The highest BCUT2D eigenvalue weighted by atomic mass is 19.4. The normalized spacial score (nSPS) is 20.1. The van der Waals surface area contributed by atoms with E-state index in [1.807, 2.05) is 0 Å². The minimum absolute atomic E-state index is 0.0248. The van der Waals surface area contributed by atoms with E-state index in [0.717, 1.165) is 10.5 Å². The molecule has 1 amide bonds. The molecule has 9 heteroatoms. The molecule has 0 saturated carbocycles.